The Morgan fingerprint density at radius 2 is 2.20 bits per heavy atom. The number of ether oxygens (including phenoxy) is 3. The lowest BCUT2D eigenvalue weighted by molar-refractivity contribution is -0.148. The fraction of sp³-hybridized carbons (Fsp3) is 0.632. The van der Waals surface area contributed by atoms with Crippen LogP contribution in [-0.2, 0) is 20.8 Å². The van der Waals surface area contributed by atoms with E-state index in [4.69, 9.17) is 19.3 Å². The molecule has 6 nitrogen and oxygen atoms in total. The van der Waals surface area contributed by atoms with Gasteiger partial charge in [-0.15, -0.1) is 0 Å². The Hall–Kier alpha value is -1.63. The molecule has 1 aliphatic heterocycles. The first kappa shape index (κ1) is 18.2. The molecule has 138 valence electrons. The number of fused-ring (bicyclic) bond motifs is 1. The third-order valence-electron chi connectivity index (χ3n) is 5.61. The highest BCUT2D eigenvalue weighted by molar-refractivity contribution is 5.68. The summed E-state index contributed by atoms with van der Waals surface area (Å²) >= 11 is 0. The topological polar surface area (TPSA) is 68.2 Å². The van der Waals surface area contributed by atoms with E-state index >= 15 is 0 Å². The minimum atomic E-state index is -0.914. The van der Waals surface area contributed by atoms with Crippen molar-refractivity contribution in [3.05, 3.63) is 29.8 Å². The lowest BCUT2D eigenvalue weighted by Gasteiger charge is -2.43. The normalized spacial score (nSPS) is 29.4. The zero-order chi connectivity index (χ0) is 17.9. The van der Waals surface area contributed by atoms with Gasteiger partial charge in [-0.2, -0.15) is 0 Å². The molecule has 1 saturated heterocycles. The second kappa shape index (κ2) is 7.72. The van der Waals surface area contributed by atoms with Crippen molar-refractivity contribution >= 4 is 5.97 Å². The van der Waals surface area contributed by atoms with Crippen molar-refractivity contribution in [2.24, 2.45) is 0 Å². The summed E-state index contributed by atoms with van der Waals surface area (Å²) in [6.07, 6.45) is 3.56. The largest absolute Gasteiger partial charge is 0.497 e. The highest BCUT2D eigenvalue weighted by Crippen LogP contribution is 2.43. The average Bonchev–Trinajstić information content (AvgIpc) is 2.98. The molecule has 0 aromatic heterocycles. The number of benzene rings is 1. The first-order valence-electron chi connectivity index (χ1n) is 8.82. The van der Waals surface area contributed by atoms with E-state index in [0.717, 1.165) is 44.5 Å². The maximum absolute atomic E-state index is 10.8. The molecule has 1 aromatic rings. The minimum absolute atomic E-state index is 0.0183. The number of carboxylic acid groups (broad SMARTS) is 1. The highest BCUT2D eigenvalue weighted by Gasteiger charge is 2.51. The van der Waals surface area contributed by atoms with Crippen molar-refractivity contribution in [2.75, 3.05) is 27.4 Å². The van der Waals surface area contributed by atoms with Crippen LogP contribution in [0.15, 0.2) is 24.3 Å². The molecule has 2 unspecified atom stereocenters. The first-order valence-corrected chi connectivity index (χ1v) is 8.82. The van der Waals surface area contributed by atoms with Gasteiger partial charge < -0.3 is 19.3 Å². The second-order valence-electron chi connectivity index (χ2n) is 6.96. The predicted octanol–water partition coefficient (Wildman–Crippen LogP) is 2.31. The van der Waals surface area contributed by atoms with Gasteiger partial charge in [0.05, 0.1) is 18.8 Å². The van der Waals surface area contributed by atoms with Gasteiger partial charge in [-0.05, 0) is 43.4 Å². The number of carbonyl (C=O) groups is 1. The minimum Gasteiger partial charge on any atom is -0.497 e. The third kappa shape index (κ3) is 3.97. The molecule has 2 aliphatic rings. The molecular formula is C19H27NO5. The standard InChI is InChI=1S/C19H27NO5/c1-23-15-5-3-4-14(10-15)12-20-9-8-19(24-2)7-6-16(11-17(19)20)25-13-18(21)22/h3-5,10,16-17H,6-9,11-13H2,1-2H3,(H,21,22)/t16?,17?,19-/m1/s1. The second-order valence-corrected chi connectivity index (χ2v) is 6.96. The van der Waals surface area contributed by atoms with Gasteiger partial charge >= 0.3 is 5.97 Å². The molecule has 0 radical (unpaired) electrons. The molecule has 1 N–H and O–H groups in total. The first-order chi connectivity index (χ1) is 12.1. The van der Waals surface area contributed by atoms with Crippen molar-refractivity contribution in [2.45, 2.75) is 50.0 Å². The number of aliphatic carboxylic acids is 1. The summed E-state index contributed by atoms with van der Waals surface area (Å²) in [7, 11) is 3.47. The van der Waals surface area contributed by atoms with Gasteiger partial charge in [-0.3, -0.25) is 4.90 Å². The summed E-state index contributed by atoms with van der Waals surface area (Å²) < 4.78 is 16.8. The number of likely N-dealkylation sites (tertiary alicyclic amines) is 1. The van der Waals surface area contributed by atoms with E-state index in [2.05, 4.69) is 17.0 Å². The summed E-state index contributed by atoms with van der Waals surface area (Å²) in [5, 5.41) is 8.85. The molecule has 1 aliphatic carbocycles. The molecule has 0 amide bonds. The average molecular weight is 349 g/mol. The molecule has 0 bridgehead atoms. The SMILES string of the molecule is COc1cccc(CN2CC[C@]3(OC)CCC(OCC(=O)O)CC23)c1. The Kier molecular flexibility index (Phi) is 5.61. The summed E-state index contributed by atoms with van der Waals surface area (Å²) in [5.74, 6) is -0.0516. The number of hydrogen-bond acceptors (Lipinski definition) is 5. The molecule has 0 spiro atoms. The lowest BCUT2D eigenvalue weighted by Crippen LogP contribution is -2.51. The smallest absolute Gasteiger partial charge is 0.329 e. The van der Waals surface area contributed by atoms with E-state index in [9.17, 15) is 4.79 Å². The molecular weight excluding hydrogens is 322 g/mol. The van der Waals surface area contributed by atoms with Crippen molar-refractivity contribution in [3.63, 3.8) is 0 Å². The zero-order valence-corrected chi connectivity index (χ0v) is 14.9. The van der Waals surface area contributed by atoms with Crippen LogP contribution in [0.25, 0.3) is 0 Å². The fourth-order valence-electron chi connectivity index (χ4n) is 4.29. The summed E-state index contributed by atoms with van der Waals surface area (Å²) in [6, 6.07) is 8.37. The van der Waals surface area contributed by atoms with Crippen LogP contribution in [0.4, 0.5) is 0 Å². The van der Waals surface area contributed by atoms with E-state index in [1.54, 1.807) is 14.2 Å². The van der Waals surface area contributed by atoms with Crippen LogP contribution < -0.4 is 4.74 Å². The number of carboxylic acids is 1. The van der Waals surface area contributed by atoms with Crippen LogP contribution in [0.1, 0.15) is 31.2 Å². The third-order valence-corrected chi connectivity index (χ3v) is 5.61. The monoisotopic (exact) mass is 349 g/mol. The number of methoxy groups -OCH3 is 2. The Morgan fingerprint density at radius 1 is 1.36 bits per heavy atom. The van der Waals surface area contributed by atoms with Gasteiger partial charge in [0.2, 0.25) is 0 Å². The van der Waals surface area contributed by atoms with Gasteiger partial charge in [-0.1, -0.05) is 12.1 Å². The van der Waals surface area contributed by atoms with E-state index in [1.807, 2.05) is 12.1 Å². The molecule has 1 saturated carbocycles. The molecule has 25 heavy (non-hydrogen) atoms. The van der Waals surface area contributed by atoms with Crippen LogP contribution in [0.3, 0.4) is 0 Å². The zero-order valence-electron chi connectivity index (χ0n) is 14.9. The molecule has 3 atom stereocenters. The van der Waals surface area contributed by atoms with Crippen molar-refractivity contribution in [1.29, 1.82) is 0 Å². The number of hydrogen-bond donors (Lipinski definition) is 1. The Bertz CT molecular complexity index is 607. The van der Waals surface area contributed by atoms with Gasteiger partial charge in [0.1, 0.15) is 12.4 Å². The van der Waals surface area contributed by atoms with Gasteiger partial charge in [0.15, 0.2) is 0 Å². The van der Waals surface area contributed by atoms with Crippen LogP contribution in [0.5, 0.6) is 5.75 Å². The maximum Gasteiger partial charge on any atom is 0.329 e. The van der Waals surface area contributed by atoms with Crippen LogP contribution in [0, 0.1) is 0 Å². The number of nitrogens with zero attached hydrogens (tertiary/aromatic N) is 1. The molecule has 6 heteroatoms. The van der Waals surface area contributed by atoms with Crippen LogP contribution in [0.2, 0.25) is 0 Å². The predicted molar refractivity (Wildman–Crippen MR) is 92.8 cm³/mol. The van der Waals surface area contributed by atoms with Crippen LogP contribution >= 0.6 is 0 Å². The Morgan fingerprint density at radius 3 is 2.92 bits per heavy atom. The van der Waals surface area contributed by atoms with Gasteiger partial charge in [-0.25, -0.2) is 4.79 Å². The van der Waals surface area contributed by atoms with E-state index in [0.29, 0.717) is 0 Å². The molecule has 1 heterocycles. The number of rotatable bonds is 7. The van der Waals surface area contributed by atoms with Gasteiger partial charge in [0, 0.05) is 26.2 Å². The van der Waals surface area contributed by atoms with Crippen molar-refractivity contribution in [3.8, 4) is 5.75 Å². The van der Waals surface area contributed by atoms with Gasteiger partial charge in [0.25, 0.3) is 0 Å². The van der Waals surface area contributed by atoms with Crippen molar-refractivity contribution < 1.29 is 24.1 Å². The van der Waals surface area contributed by atoms with E-state index in [1.165, 1.54) is 5.56 Å². The molecule has 1 aromatic carbocycles. The highest BCUT2D eigenvalue weighted by atomic mass is 16.5. The summed E-state index contributed by atoms with van der Waals surface area (Å²) in [5.41, 5.74) is 1.07. The maximum atomic E-state index is 10.8. The summed E-state index contributed by atoms with van der Waals surface area (Å²) in [4.78, 5) is 13.2. The van der Waals surface area contributed by atoms with Crippen LogP contribution in [-0.4, -0.2) is 61.1 Å². The summed E-state index contributed by atoms with van der Waals surface area (Å²) in [6.45, 7) is 1.58. The quantitative estimate of drug-likeness (QED) is 0.815. The molecule has 3 rings (SSSR count). The Labute approximate surface area is 148 Å². The lowest BCUT2D eigenvalue weighted by atomic mass is 9.79. The fourth-order valence-corrected chi connectivity index (χ4v) is 4.29. The van der Waals surface area contributed by atoms with E-state index < -0.39 is 5.97 Å². The Balaban J connectivity index is 1.70. The van der Waals surface area contributed by atoms with Crippen molar-refractivity contribution in [1.82, 2.24) is 4.90 Å². The van der Waals surface area contributed by atoms with E-state index in [-0.39, 0.29) is 24.4 Å². The molecule has 2 fully saturated rings.